The van der Waals surface area contributed by atoms with Gasteiger partial charge in [-0.2, -0.15) is 0 Å². The van der Waals surface area contributed by atoms with Crippen molar-refractivity contribution in [1.29, 1.82) is 0 Å². The van der Waals surface area contributed by atoms with Crippen molar-refractivity contribution < 1.29 is 14.3 Å². The van der Waals surface area contributed by atoms with Gasteiger partial charge in [0.05, 0.1) is 13.7 Å². The number of rotatable bonds is 5. The SMILES string of the molecule is CCOc1cc(/C=C2\N=C(SCC)SC2=O)c(Br)cc1OC. The molecule has 0 spiro atoms. The number of hydrogen-bond acceptors (Lipinski definition) is 6. The van der Waals surface area contributed by atoms with Crippen molar-refractivity contribution in [1.82, 2.24) is 0 Å². The lowest BCUT2D eigenvalue weighted by Gasteiger charge is -2.11. The van der Waals surface area contributed by atoms with Crippen LogP contribution in [0.15, 0.2) is 27.3 Å². The zero-order valence-electron chi connectivity index (χ0n) is 12.5. The Morgan fingerprint density at radius 3 is 2.77 bits per heavy atom. The van der Waals surface area contributed by atoms with Crippen LogP contribution in [0.3, 0.4) is 0 Å². The highest BCUT2D eigenvalue weighted by Gasteiger charge is 2.22. The van der Waals surface area contributed by atoms with E-state index in [4.69, 9.17) is 9.47 Å². The first kappa shape index (κ1) is 17.4. The van der Waals surface area contributed by atoms with E-state index in [2.05, 4.69) is 20.9 Å². The van der Waals surface area contributed by atoms with Crippen LogP contribution in [0.5, 0.6) is 11.5 Å². The summed E-state index contributed by atoms with van der Waals surface area (Å²) in [6.45, 7) is 4.49. The fourth-order valence-electron chi connectivity index (χ4n) is 1.81. The van der Waals surface area contributed by atoms with Gasteiger partial charge in [-0.25, -0.2) is 4.99 Å². The van der Waals surface area contributed by atoms with Gasteiger partial charge in [-0.15, -0.1) is 0 Å². The Hall–Kier alpha value is -0.920. The van der Waals surface area contributed by atoms with Crippen LogP contribution in [-0.4, -0.2) is 29.0 Å². The molecule has 0 aliphatic carbocycles. The molecule has 22 heavy (non-hydrogen) atoms. The van der Waals surface area contributed by atoms with Crippen LogP contribution in [0.25, 0.3) is 6.08 Å². The second kappa shape index (κ2) is 8.08. The first-order valence-electron chi connectivity index (χ1n) is 6.74. The maximum absolute atomic E-state index is 12.0. The molecule has 1 aromatic rings. The number of ether oxygens (including phenoxy) is 2. The van der Waals surface area contributed by atoms with Crippen molar-refractivity contribution in [3.63, 3.8) is 0 Å². The molecular weight excluding hydrogens is 386 g/mol. The van der Waals surface area contributed by atoms with Crippen molar-refractivity contribution in [2.45, 2.75) is 13.8 Å². The van der Waals surface area contributed by atoms with E-state index in [0.717, 1.165) is 20.2 Å². The summed E-state index contributed by atoms with van der Waals surface area (Å²) < 4.78 is 12.5. The Labute approximate surface area is 146 Å². The smallest absolute Gasteiger partial charge is 0.244 e. The Balaban J connectivity index is 2.38. The molecule has 0 bridgehead atoms. The van der Waals surface area contributed by atoms with Crippen molar-refractivity contribution in [2.24, 2.45) is 4.99 Å². The summed E-state index contributed by atoms with van der Waals surface area (Å²) in [6, 6.07) is 3.67. The van der Waals surface area contributed by atoms with Gasteiger partial charge in [-0.05, 0) is 48.2 Å². The molecule has 1 aromatic carbocycles. The number of methoxy groups -OCH3 is 1. The lowest BCUT2D eigenvalue weighted by molar-refractivity contribution is -0.107. The Morgan fingerprint density at radius 2 is 2.14 bits per heavy atom. The van der Waals surface area contributed by atoms with Crippen LogP contribution in [0.2, 0.25) is 0 Å². The molecule has 2 rings (SSSR count). The summed E-state index contributed by atoms with van der Waals surface area (Å²) in [4.78, 5) is 16.4. The second-order valence-electron chi connectivity index (χ2n) is 4.19. The molecule has 1 aliphatic rings. The van der Waals surface area contributed by atoms with E-state index in [-0.39, 0.29) is 5.12 Å². The van der Waals surface area contributed by atoms with Crippen LogP contribution in [-0.2, 0) is 4.79 Å². The molecule has 1 heterocycles. The third-order valence-electron chi connectivity index (χ3n) is 2.74. The lowest BCUT2D eigenvalue weighted by Crippen LogP contribution is -1.97. The number of thioether (sulfide) groups is 2. The highest BCUT2D eigenvalue weighted by atomic mass is 79.9. The zero-order valence-corrected chi connectivity index (χ0v) is 15.7. The second-order valence-corrected chi connectivity index (χ2v) is 7.51. The van der Waals surface area contributed by atoms with E-state index in [9.17, 15) is 4.79 Å². The monoisotopic (exact) mass is 401 g/mol. The van der Waals surface area contributed by atoms with E-state index >= 15 is 0 Å². The van der Waals surface area contributed by atoms with Crippen molar-refractivity contribution in [2.75, 3.05) is 19.5 Å². The fourth-order valence-corrected chi connectivity index (χ4v) is 3.99. The molecule has 0 radical (unpaired) electrons. The zero-order chi connectivity index (χ0) is 16.1. The average Bonchev–Trinajstić information content (AvgIpc) is 2.82. The summed E-state index contributed by atoms with van der Waals surface area (Å²) in [6.07, 6.45) is 1.77. The van der Waals surface area contributed by atoms with E-state index in [0.29, 0.717) is 23.8 Å². The summed E-state index contributed by atoms with van der Waals surface area (Å²) in [5.41, 5.74) is 1.29. The van der Waals surface area contributed by atoms with E-state index in [1.54, 1.807) is 24.9 Å². The third-order valence-corrected chi connectivity index (χ3v) is 5.32. The van der Waals surface area contributed by atoms with Gasteiger partial charge in [-0.1, -0.05) is 34.6 Å². The van der Waals surface area contributed by atoms with Crippen LogP contribution in [0.1, 0.15) is 19.4 Å². The molecule has 0 atom stereocenters. The predicted octanol–water partition coefficient (Wildman–Crippen LogP) is 4.58. The van der Waals surface area contributed by atoms with Crippen molar-refractivity contribution in [3.05, 3.63) is 27.9 Å². The van der Waals surface area contributed by atoms with Crippen LogP contribution in [0.4, 0.5) is 0 Å². The number of halogens is 1. The molecule has 1 aliphatic heterocycles. The molecule has 0 fully saturated rings. The molecule has 0 N–H and O–H groups in total. The molecule has 118 valence electrons. The largest absolute Gasteiger partial charge is 0.493 e. The highest BCUT2D eigenvalue weighted by Crippen LogP contribution is 2.36. The normalized spacial score (nSPS) is 16.1. The quantitative estimate of drug-likeness (QED) is 0.675. The minimum absolute atomic E-state index is 0.0309. The van der Waals surface area contributed by atoms with Gasteiger partial charge in [0.15, 0.2) is 11.5 Å². The summed E-state index contributed by atoms with van der Waals surface area (Å²) in [5.74, 6) is 2.19. The lowest BCUT2D eigenvalue weighted by atomic mass is 10.1. The molecule has 0 saturated carbocycles. The molecule has 0 aromatic heterocycles. The van der Waals surface area contributed by atoms with Crippen molar-refractivity contribution in [3.8, 4) is 11.5 Å². The standard InChI is InChI=1S/C15H16BrNO3S2/c1-4-20-13-7-9(10(16)8-12(13)19-3)6-11-14(18)22-15(17-11)21-5-2/h6-8H,4-5H2,1-3H3/b11-6-. The molecule has 0 saturated heterocycles. The maximum atomic E-state index is 12.0. The summed E-state index contributed by atoms with van der Waals surface area (Å²) in [5, 5.41) is -0.0309. The van der Waals surface area contributed by atoms with Gasteiger partial charge < -0.3 is 9.47 Å². The van der Waals surface area contributed by atoms with E-state index in [1.165, 1.54) is 11.8 Å². The van der Waals surface area contributed by atoms with Gasteiger partial charge in [0.25, 0.3) is 0 Å². The van der Waals surface area contributed by atoms with Crippen molar-refractivity contribution >= 4 is 55.0 Å². The number of aliphatic imine (C=N–C) groups is 1. The maximum Gasteiger partial charge on any atom is 0.244 e. The minimum atomic E-state index is -0.0309. The topological polar surface area (TPSA) is 47.9 Å². The van der Waals surface area contributed by atoms with Crippen LogP contribution >= 0.6 is 39.5 Å². The number of carbonyl (C=O) groups excluding carboxylic acids is 1. The number of carbonyl (C=O) groups is 1. The van der Waals surface area contributed by atoms with E-state index < -0.39 is 0 Å². The first-order chi connectivity index (χ1) is 10.6. The van der Waals surface area contributed by atoms with Gasteiger partial charge in [-0.3, -0.25) is 4.79 Å². The van der Waals surface area contributed by atoms with Crippen LogP contribution in [0, 0.1) is 0 Å². The fraction of sp³-hybridized carbons (Fsp3) is 0.333. The van der Waals surface area contributed by atoms with E-state index in [1.807, 2.05) is 26.0 Å². The Bertz CT molecular complexity index is 644. The number of benzene rings is 1. The summed E-state index contributed by atoms with van der Waals surface area (Å²) >= 11 is 6.25. The molecular formula is C15H16BrNO3S2. The van der Waals surface area contributed by atoms with Gasteiger partial charge in [0.1, 0.15) is 10.1 Å². The van der Waals surface area contributed by atoms with Crippen LogP contribution < -0.4 is 9.47 Å². The Morgan fingerprint density at radius 1 is 1.36 bits per heavy atom. The van der Waals surface area contributed by atoms with Gasteiger partial charge in [0.2, 0.25) is 5.12 Å². The highest BCUT2D eigenvalue weighted by molar-refractivity contribution is 9.10. The number of nitrogens with zero attached hydrogens (tertiary/aromatic N) is 1. The number of hydrogen-bond donors (Lipinski definition) is 0. The molecule has 7 heteroatoms. The predicted molar refractivity (Wildman–Crippen MR) is 98.0 cm³/mol. The molecule has 4 nitrogen and oxygen atoms in total. The third kappa shape index (κ3) is 4.08. The minimum Gasteiger partial charge on any atom is -0.493 e. The average molecular weight is 402 g/mol. The summed E-state index contributed by atoms with van der Waals surface area (Å²) in [7, 11) is 1.60. The van der Waals surface area contributed by atoms with Gasteiger partial charge in [0, 0.05) is 4.47 Å². The molecule has 0 unspecified atom stereocenters. The van der Waals surface area contributed by atoms with Gasteiger partial charge >= 0.3 is 0 Å². The first-order valence-corrected chi connectivity index (χ1v) is 9.34. The Kier molecular flexibility index (Phi) is 6.40. The molecule has 0 amide bonds.